The summed E-state index contributed by atoms with van der Waals surface area (Å²) in [5.74, 6) is -1.83. The standard InChI is InChI=1S/C8H5BrF2O2/c9-4-2-1-3-5(12)6(4)7(13)8(10)11/h1-3,8,12H. The molecule has 0 bridgehead atoms. The van der Waals surface area contributed by atoms with Crippen molar-refractivity contribution in [3.05, 3.63) is 28.2 Å². The van der Waals surface area contributed by atoms with Gasteiger partial charge in [-0.1, -0.05) is 6.07 Å². The molecular formula is C8H5BrF2O2. The smallest absolute Gasteiger partial charge is 0.300 e. The van der Waals surface area contributed by atoms with Crippen LogP contribution in [0.4, 0.5) is 8.78 Å². The van der Waals surface area contributed by atoms with Gasteiger partial charge in [0.2, 0.25) is 5.78 Å². The maximum Gasteiger partial charge on any atom is 0.300 e. The lowest BCUT2D eigenvalue weighted by Gasteiger charge is -2.04. The summed E-state index contributed by atoms with van der Waals surface area (Å²) in [4.78, 5) is 10.8. The highest BCUT2D eigenvalue weighted by atomic mass is 79.9. The number of Topliss-reactive ketones (excluding diaryl/α,β-unsaturated/α-hetero) is 1. The van der Waals surface area contributed by atoms with Crippen LogP contribution in [0.15, 0.2) is 22.7 Å². The van der Waals surface area contributed by atoms with Gasteiger partial charge in [0, 0.05) is 4.47 Å². The molecule has 0 saturated carbocycles. The molecule has 0 fully saturated rings. The van der Waals surface area contributed by atoms with Crippen LogP contribution in [-0.2, 0) is 0 Å². The second-order valence-corrected chi connectivity index (χ2v) is 3.15. The van der Waals surface area contributed by atoms with Crippen LogP contribution < -0.4 is 0 Å². The largest absolute Gasteiger partial charge is 0.507 e. The first-order valence-corrected chi connectivity index (χ1v) is 4.13. The Morgan fingerprint density at radius 1 is 1.46 bits per heavy atom. The van der Waals surface area contributed by atoms with Crippen LogP contribution in [0.1, 0.15) is 10.4 Å². The van der Waals surface area contributed by atoms with Crippen LogP contribution in [-0.4, -0.2) is 17.3 Å². The van der Waals surface area contributed by atoms with Crippen molar-refractivity contribution in [3.8, 4) is 5.75 Å². The molecule has 0 unspecified atom stereocenters. The Kier molecular flexibility index (Phi) is 2.98. The lowest BCUT2D eigenvalue weighted by atomic mass is 10.1. The van der Waals surface area contributed by atoms with Gasteiger partial charge in [0.1, 0.15) is 5.75 Å². The van der Waals surface area contributed by atoms with Crippen molar-refractivity contribution in [3.63, 3.8) is 0 Å². The number of ketones is 1. The maximum atomic E-state index is 12.0. The van der Waals surface area contributed by atoms with Gasteiger partial charge in [-0.2, -0.15) is 0 Å². The highest BCUT2D eigenvalue weighted by Gasteiger charge is 2.23. The number of benzene rings is 1. The predicted octanol–water partition coefficient (Wildman–Crippen LogP) is 2.60. The van der Waals surface area contributed by atoms with E-state index in [1.807, 2.05) is 0 Å². The summed E-state index contributed by atoms with van der Waals surface area (Å²) in [6, 6.07) is 4.04. The molecule has 1 aromatic carbocycles. The Hall–Kier alpha value is -0.970. The third kappa shape index (κ3) is 2.03. The fourth-order valence-corrected chi connectivity index (χ4v) is 1.42. The third-order valence-electron chi connectivity index (χ3n) is 1.44. The minimum atomic E-state index is -3.11. The lowest BCUT2D eigenvalue weighted by Crippen LogP contribution is -2.11. The van der Waals surface area contributed by atoms with Crippen molar-refractivity contribution in [2.45, 2.75) is 6.43 Å². The zero-order chi connectivity index (χ0) is 10.0. The number of halogens is 3. The molecular weight excluding hydrogens is 246 g/mol. The van der Waals surface area contributed by atoms with Gasteiger partial charge in [-0.25, -0.2) is 8.78 Å². The SMILES string of the molecule is O=C(c1c(O)cccc1Br)C(F)F. The van der Waals surface area contributed by atoms with Gasteiger partial charge >= 0.3 is 6.43 Å². The van der Waals surface area contributed by atoms with Gasteiger partial charge in [-0.3, -0.25) is 4.79 Å². The minimum absolute atomic E-state index is 0.165. The summed E-state index contributed by atoms with van der Waals surface area (Å²) in [6.07, 6.45) is -3.11. The van der Waals surface area contributed by atoms with Crippen LogP contribution in [0.5, 0.6) is 5.75 Å². The molecule has 0 aromatic heterocycles. The number of carbonyl (C=O) groups is 1. The molecule has 0 spiro atoms. The number of aromatic hydroxyl groups is 1. The second kappa shape index (κ2) is 3.83. The van der Waals surface area contributed by atoms with E-state index < -0.39 is 18.0 Å². The van der Waals surface area contributed by atoms with E-state index in [0.29, 0.717) is 0 Å². The summed E-state index contributed by atoms with van der Waals surface area (Å²) in [5.41, 5.74) is -0.377. The van der Waals surface area contributed by atoms with Gasteiger partial charge in [0.25, 0.3) is 0 Å². The molecule has 0 saturated heterocycles. The number of alkyl halides is 2. The molecule has 0 atom stereocenters. The number of hydrogen-bond acceptors (Lipinski definition) is 2. The zero-order valence-corrected chi connectivity index (χ0v) is 7.88. The molecule has 70 valence electrons. The van der Waals surface area contributed by atoms with Crippen LogP contribution in [0.2, 0.25) is 0 Å². The first-order valence-electron chi connectivity index (χ1n) is 3.34. The quantitative estimate of drug-likeness (QED) is 0.820. The molecule has 1 aromatic rings. The molecule has 5 heteroatoms. The van der Waals surface area contributed by atoms with Crippen molar-refractivity contribution in [1.82, 2.24) is 0 Å². The van der Waals surface area contributed by atoms with E-state index in [9.17, 15) is 13.6 Å². The van der Waals surface area contributed by atoms with Crippen LogP contribution in [0, 0.1) is 0 Å². The summed E-state index contributed by atoms with van der Waals surface area (Å²) < 4.78 is 24.1. The summed E-state index contributed by atoms with van der Waals surface area (Å²) >= 11 is 2.90. The van der Waals surface area contributed by atoms with E-state index >= 15 is 0 Å². The molecule has 0 aliphatic carbocycles. The molecule has 0 aliphatic heterocycles. The third-order valence-corrected chi connectivity index (χ3v) is 2.10. The van der Waals surface area contributed by atoms with Gasteiger partial charge in [-0.15, -0.1) is 0 Å². The molecule has 13 heavy (non-hydrogen) atoms. The molecule has 0 aliphatic rings. The zero-order valence-electron chi connectivity index (χ0n) is 6.30. The van der Waals surface area contributed by atoms with E-state index in [2.05, 4.69) is 15.9 Å². The van der Waals surface area contributed by atoms with Crippen molar-refractivity contribution in [1.29, 1.82) is 0 Å². The van der Waals surface area contributed by atoms with Gasteiger partial charge in [0.15, 0.2) is 0 Å². The summed E-state index contributed by atoms with van der Waals surface area (Å²) in [6.45, 7) is 0. The Morgan fingerprint density at radius 2 is 2.08 bits per heavy atom. The number of rotatable bonds is 2. The molecule has 0 amide bonds. The number of hydrogen-bond donors (Lipinski definition) is 1. The Bertz CT molecular complexity index is 319. The fourth-order valence-electron chi connectivity index (χ4n) is 0.866. The van der Waals surface area contributed by atoms with Crippen molar-refractivity contribution >= 4 is 21.7 Å². The predicted molar refractivity (Wildman–Crippen MR) is 46.1 cm³/mol. The molecule has 0 heterocycles. The Labute approximate surface area is 81.3 Å². The monoisotopic (exact) mass is 250 g/mol. The van der Waals surface area contributed by atoms with E-state index in [1.54, 1.807) is 0 Å². The topological polar surface area (TPSA) is 37.3 Å². The van der Waals surface area contributed by atoms with Crippen molar-refractivity contribution in [2.75, 3.05) is 0 Å². The average molecular weight is 251 g/mol. The average Bonchev–Trinajstić information content (AvgIpc) is 2.03. The van der Waals surface area contributed by atoms with E-state index in [4.69, 9.17) is 5.11 Å². The van der Waals surface area contributed by atoms with Crippen LogP contribution >= 0.6 is 15.9 Å². The Morgan fingerprint density at radius 3 is 2.54 bits per heavy atom. The van der Waals surface area contributed by atoms with Crippen LogP contribution in [0.25, 0.3) is 0 Å². The normalized spacial score (nSPS) is 10.5. The lowest BCUT2D eigenvalue weighted by molar-refractivity contribution is 0.0675. The molecule has 2 nitrogen and oxygen atoms in total. The van der Waals surface area contributed by atoms with E-state index in [-0.39, 0.29) is 10.0 Å². The van der Waals surface area contributed by atoms with Gasteiger partial charge in [-0.05, 0) is 28.1 Å². The van der Waals surface area contributed by atoms with E-state index in [0.717, 1.165) is 0 Å². The highest BCUT2D eigenvalue weighted by molar-refractivity contribution is 9.10. The summed E-state index contributed by atoms with van der Waals surface area (Å²) in [5, 5.41) is 9.13. The molecule has 1 N–H and O–H groups in total. The highest BCUT2D eigenvalue weighted by Crippen LogP contribution is 2.27. The maximum absolute atomic E-state index is 12.0. The second-order valence-electron chi connectivity index (χ2n) is 2.30. The molecule has 0 radical (unpaired) electrons. The van der Waals surface area contributed by atoms with Crippen molar-refractivity contribution in [2.24, 2.45) is 0 Å². The van der Waals surface area contributed by atoms with Gasteiger partial charge < -0.3 is 5.11 Å². The molecule has 1 rings (SSSR count). The minimum Gasteiger partial charge on any atom is -0.507 e. The Balaban J connectivity index is 3.20. The fraction of sp³-hybridized carbons (Fsp3) is 0.125. The van der Waals surface area contributed by atoms with Gasteiger partial charge in [0.05, 0.1) is 5.56 Å². The van der Waals surface area contributed by atoms with Crippen molar-refractivity contribution < 1.29 is 18.7 Å². The number of phenolic OH excluding ortho intramolecular Hbond substituents is 1. The van der Waals surface area contributed by atoms with E-state index in [1.165, 1.54) is 18.2 Å². The first kappa shape index (κ1) is 10.1. The summed E-state index contributed by atoms with van der Waals surface area (Å²) in [7, 11) is 0. The number of phenols is 1. The number of carbonyl (C=O) groups excluding carboxylic acids is 1. The first-order chi connectivity index (χ1) is 6.04. The van der Waals surface area contributed by atoms with Crippen LogP contribution in [0.3, 0.4) is 0 Å².